The van der Waals surface area contributed by atoms with Gasteiger partial charge in [0.25, 0.3) is 5.69 Å². The molecule has 1 rings (SSSR count). The van der Waals surface area contributed by atoms with Crippen molar-refractivity contribution in [2.45, 2.75) is 0 Å². The fourth-order valence-corrected chi connectivity index (χ4v) is 1.16. The smallest absolute Gasteiger partial charge is 0.410 e. The number of rotatable bonds is 5. The van der Waals surface area contributed by atoms with Gasteiger partial charge >= 0.3 is 6.09 Å². The standard InChI is InChI=1S/C11H15N3O4/c1-13(2)8-7-12-11(15)18-10-5-3-9(4-6-10)14(16)17/h3-6H,7-8H2,1-2H3,(H,12,15). The van der Waals surface area contributed by atoms with Crippen LogP contribution in [0.15, 0.2) is 24.3 Å². The van der Waals surface area contributed by atoms with E-state index in [1.165, 1.54) is 24.3 Å². The van der Waals surface area contributed by atoms with Crippen molar-refractivity contribution in [3.05, 3.63) is 34.4 Å². The number of nitro groups is 1. The lowest BCUT2D eigenvalue weighted by molar-refractivity contribution is -0.384. The van der Waals surface area contributed by atoms with Gasteiger partial charge in [0.2, 0.25) is 0 Å². The van der Waals surface area contributed by atoms with E-state index in [0.717, 1.165) is 0 Å². The Balaban J connectivity index is 2.42. The van der Waals surface area contributed by atoms with Gasteiger partial charge < -0.3 is 15.0 Å². The number of nitrogens with one attached hydrogen (secondary N) is 1. The molecular formula is C11H15N3O4. The van der Waals surface area contributed by atoms with Gasteiger partial charge in [0.15, 0.2) is 0 Å². The highest BCUT2D eigenvalue weighted by Gasteiger charge is 2.07. The number of carbonyl (C=O) groups excluding carboxylic acids is 1. The van der Waals surface area contributed by atoms with Crippen LogP contribution in [0.2, 0.25) is 0 Å². The minimum atomic E-state index is -0.578. The van der Waals surface area contributed by atoms with Gasteiger partial charge in [-0.25, -0.2) is 4.79 Å². The van der Waals surface area contributed by atoms with E-state index >= 15 is 0 Å². The van der Waals surface area contributed by atoms with Crippen molar-refractivity contribution in [1.82, 2.24) is 10.2 Å². The second-order valence-electron chi connectivity index (χ2n) is 3.87. The van der Waals surface area contributed by atoms with Crippen molar-refractivity contribution in [1.29, 1.82) is 0 Å². The van der Waals surface area contributed by atoms with Crippen molar-refractivity contribution in [2.75, 3.05) is 27.2 Å². The number of likely N-dealkylation sites (N-methyl/N-ethyl adjacent to an activating group) is 1. The van der Waals surface area contributed by atoms with Crippen LogP contribution >= 0.6 is 0 Å². The third-order valence-electron chi connectivity index (χ3n) is 2.09. The van der Waals surface area contributed by atoms with Crippen LogP contribution in [0.3, 0.4) is 0 Å². The van der Waals surface area contributed by atoms with Crippen molar-refractivity contribution in [2.24, 2.45) is 0 Å². The molecule has 7 nitrogen and oxygen atoms in total. The molecule has 0 saturated heterocycles. The topological polar surface area (TPSA) is 84.7 Å². The van der Waals surface area contributed by atoms with Gasteiger partial charge in [-0.1, -0.05) is 0 Å². The molecule has 0 radical (unpaired) electrons. The minimum Gasteiger partial charge on any atom is -0.410 e. The number of amides is 1. The Morgan fingerprint density at radius 1 is 1.39 bits per heavy atom. The van der Waals surface area contributed by atoms with Crippen molar-refractivity contribution in [3.63, 3.8) is 0 Å². The third kappa shape index (κ3) is 4.79. The molecule has 1 aromatic carbocycles. The summed E-state index contributed by atoms with van der Waals surface area (Å²) >= 11 is 0. The predicted octanol–water partition coefficient (Wildman–Crippen LogP) is 1.24. The fraction of sp³-hybridized carbons (Fsp3) is 0.364. The molecule has 1 N–H and O–H groups in total. The van der Waals surface area contributed by atoms with E-state index in [9.17, 15) is 14.9 Å². The largest absolute Gasteiger partial charge is 0.412 e. The molecule has 18 heavy (non-hydrogen) atoms. The lowest BCUT2D eigenvalue weighted by Gasteiger charge is -2.10. The van der Waals surface area contributed by atoms with E-state index in [4.69, 9.17) is 4.74 Å². The number of hydrogen-bond donors (Lipinski definition) is 1. The number of ether oxygens (including phenoxy) is 1. The number of hydrogen-bond acceptors (Lipinski definition) is 5. The number of benzene rings is 1. The summed E-state index contributed by atoms with van der Waals surface area (Å²) < 4.78 is 4.94. The van der Waals surface area contributed by atoms with Crippen LogP contribution in [0, 0.1) is 10.1 Å². The van der Waals surface area contributed by atoms with Crippen LogP contribution < -0.4 is 10.1 Å². The van der Waals surface area contributed by atoms with E-state index in [1.54, 1.807) is 0 Å². The average molecular weight is 253 g/mol. The molecular weight excluding hydrogens is 238 g/mol. The lowest BCUT2D eigenvalue weighted by Crippen LogP contribution is -2.33. The summed E-state index contributed by atoms with van der Waals surface area (Å²) in [6.07, 6.45) is -0.578. The number of carbonyl (C=O) groups is 1. The summed E-state index contributed by atoms with van der Waals surface area (Å²) in [5.74, 6) is 0.267. The van der Waals surface area contributed by atoms with Crippen molar-refractivity contribution in [3.8, 4) is 5.75 Å². The molecule has 0 bridgehead atoms. The predicted molar refractivity (Wildman–Crippen MR) is 65.7 cm³/mol. The number of non-ortho nitro benzene ring substituents is 1. The van der Waals surface area contributed by atoms with Gasteiger partial charge in [-0.2, -0.15) is 0 Å². The molecule has 1 aromatic rings. The molecule has 0 aliphatic heterocycles. The Bertz CT molecular complexity index is 417. The third-order valence-corrected chi connectivity index (χ3v) is 2.09. The second kappa shape index (κ2) is 6.55. The Kier molecular flexibility index (Phi) is 5.06. The Hall–Kier alpha value is -2.15. The second-order valence-corrected chi connectivity index (χ2v) is 3.87. The molecule has 0 fully saturated rings. The van der Waals surface area contributed by atoms with Crippen LogP contribution in [0.1, 0.15) is 0 Å². The highest BCUT2D eigenvalue weighted by molar-refractivity contribution is 5.70. The first-order valence-electron chi connectivity index (χ1n) is 5.34. The molecule has 0 atom stereocenters. The van der Waals surface area contributed by atoms with E-state index < -0.39 is 11.0 Å². The van der Waals surface area contributed by atoms with Crippen LogP contribution in [0.25, 0.3) is 0 Å². The first kappa shape index (κ1) is 13.9. The quantitative estimate of drug-likeness (QED) is 0.630. The molecule has 1 amide bonds. The van der Waals surface area contributed by atoms with Gasteiger partial charge in [-0.05, 0) is 26.2 Å². The van der Waals surface area contributed by atoms with Gasteiger partial charge in [0.1, 0.15) is 5.75 Å². The molecule has 0 heterocycles. The average Bonchev–Trinajstić information content (AvgIpc) is 2.29. The SMILES string of the molecule is CN(C)CCNC(=O)Oc1ccc([N+](=O)[O-])cc1. The van der Waals surface area contributed by atoms with Crippen LogP contribution in [-0.2, 0) is 0 Å². The van der Waals surface area contributed by atoms with Crippen LogP contribution in [0.4, 0.5) is 10.5 Å². The Morgan fingerprint density at radius 2 is 2.00 bits per heavy atom. The van der Waals surface area contributed by atoms with Crippen molar-refractivity contribution >= 4 is 11.8 Å². The highest BCUT2D eigenvalue weighted by atomic mass is 16.6. The minimum absolute atomic E-state index is 0.0460. The van der Waals surface area contributed by atoms with Crippen LogP contribution in [0.5, 0.6) is 5.75 Å². The summed E-state index contributed by atoms with van der Waals surface area (Å²) in [7, 11) is 3.78. The van der Waals surface area contributed by atoms with E-state index in [1.807, 2.05) is 19.0 Å². The summed E-state index contributed by atoms with van der Waals surface area (Å²) in [4.78, 5) is 23.2. The monoisotopic (exact) mass is 253 g/mol. The molecule has 7 heteroatoms. The Labute approximate surface area is 104 Å². The molecule has 98 valence electrons. The molecule has 0 aromatic heterocycles. The zero-order valence-corrected chi connectivity index (χ0v) is 10.3. The highest BCUT2D eigenvalue weighted by Crippen LogP contribution is 2.17. The van der Waals surface area contributed by atoms with Gasteiger partial charge in [-0.3, -0.25) is 10.1 Å². The zero-order valence-electron chi connectivity index (χ0n) is 10.3. The summed E-state index contributed by atoms with van der Waals surface area (Å²) in [6.45, 7) is 1.17. The summed E-state index contributed by atoms with van der Waals surface area (Å²) in [6, 6.07) is 5.32. The van der Waals surface area contributed by atoms with Gasteiger partial charge in [0.05, 0.1) is 4.92 Å². The maximum Gasteiger partial charge on any atom is 0.412 e. The van der Waals surface area contributed by atoms with E-state index in [-0.39, 0.29) is 11.4 Å². The van der Waals surface area contributed by atoms with Gasteiger partial charge in [-0.15, -0.1) is 0 Å². The normalized spacial score (nSPS) is 10.2. The number of nitrogens with zero attached hydrogens (tertiary/aromatic N) is 2. The van der Waals surface area contributed by atoms with Crippen molar-refractivity contribution < 1.29 is 14.5 Å². The first-order chi connectivity index (χ1) is 8.49. The molecule has 0 spiro atoms. The van der Waals surface area contributed by atoms with Crippen LogP contribution in [-0.4, -0.2) is 43.1 Å². The molecule has 0 aliphatic rings. The number of nitro benzene ring substituents is 1. The molecule has 0 saturated carbocycles. The Morgan fingerprint density at radius 3 is 2.50 bits per heavy atom. The molecule has 0 unspecified atom stereocenters. The summed E-state index contributed by atoms with van der Waals surface area (Å²) in [5, 5.41) is 13.0. The van der Waals surface area contributed by atoms with Gasteiger partial charge in [0, 0.05) is 25.2 Å². The molecule has 0 aliphatic carbocycles. The lowest BCUT2D eigenvalue weighted by atomic mass is 10.3. The van der Waals surface area contributed by atoms with E-state index in [0.29, 0.717) is 13.1 Å². The summed E-state index contributed by atoms with van der Waals surface area (Å²) in [5.41, 5.74) is -0.0460. The van der Waals surface area contributed by atoms with E-state index in [2.05, 4.69) is 5.32 Å². The fourth-order valence-electron chi connectivity index (χ4n) is 1.16. The maximum absolute atomic E-state index is 11.3. The maximum atomic E-state index is 11.3. The zero-order chi connectivity index (χ0) is 13.5. The first-order valence-corrected chi connectivity index (χ1v) is 5.34.